The highest BCUT2D eigenvalue weighted by atomic mass is 16.5. The Bertz CT molecular complexity index is 473. The van der Waals surface area contributed by atoms with Crippen LogP contribution in [0.5, 0.6) is 17.2 Å². The quantitative estimate of drug-likeness (QED) is 0.783. The highest BCUT2D eigenvalue weighted by Crippen LogP contribution is 2.34. The average molecular weight is 294 g/mol. The predicted octanol–water partition coefficient (Wildman–Crippen LogP) is 0.800. The van der Waals surface area contributed by atoms with Crippen molar-refractivity contribution in [1.29, 1.82) is 0 Å². The summed E-state index contributed by atoms with van der Waals surface area (Å²) in [5, 5.41) is 3.27. The van der Waals surface area contributed by atoms with Crippen molar-refractivity contribution in [3.05, 3.63) is 17.7 Å². The minimum atomic E-state index is -0.00625. The van der Waals surface area contributed by atoms with Crippen LogP contribution >= 0.6 is 0 Å². The second-order valence-corrected chi connectivity index (χ2v) is 4.86. The third-order valence-electron chi connectivity index (χ3n) is 3.57. The summed E-state index contributed by atoms with van der Waals surface area (Å²) in [5.41, 5.74) is 0.472. The summed E-state index contributed by atoms with van der Waals surface area (Å²) in [6, 6.07) is 3.40. The topological polar surface area (TPSA) is 60.0 Å². The van der Waals surface area contributed by atoms with E-state index in [1.54, 1.807) is 19.2 Å². The zero-order valence-corrected chi connectivity index (χ0v) is 12.8. The normalized spacial score (nSPS) is 15.6. The highest BCUT2D eigenvalue weighted by Gasteiger charge is 2.23. The van der Waals surface area contributed by atoms with Crippen LogP contribution in [0.1, 0.15) is 10.4 Å². The molecule has 2 rings (SSSR count). The molecule has 1 aromatic carbocycles. The van der Waals surface area contributed by atoms with Gasteiger partial charge in [-0.1, -0.05) is 0 Å². The fourth-order valence-electron chi connectivity index (χ4n) is 2.43. The van der Waals surface area contributed by atoms with Crippen LogP contribution in [0.2, 0.25) is 0 Å². The molecule has 0 spiro atoms. The second kappa shape index (κ2) is 7.28. The van der Waals surface area contributed by atoms with E-state index < -0.39 is 0 Å². The van der Waals surface area contributed by atoms with Crippen LogP contribution in [-0.2, 0) is 0 Å². The van der Waals surface area contributed by atoms with E-state index in [0.29, 0.717) is 29.4 Å². The fraction of sp³-hybridized carbons (Fsp3) is 0.533. The Kier molecular flexibility index (Phi) is 5.41. The molecule has 0 bridgehead atoms. The smallest absolute Gasteiger partial charge is 0.184 e. The van der Waals surface area contributed by atoms with Crippen LogP contribution in [-0.4, -0.2) is 64.7 Å². The number of rotatable bonds is 6. The van der Waals surface area contributed by atoms with Gasteiger partial charge in [-0.15, -0.1) is 0 Å². The molecule has 0 aliphatic carbocycles. The van der Waals surface area contributed by atoms with Gasteiger partial charge in [-0.2, -0.15) is 0 Å². The maximum atomic E-state index is 12.6. The maximum Gasteiger partial charge on any atom is 0.184 e. The van der Waals surface area contributed by atoms with Crippen LogP contribution in [0.4, 0.5) is 0 Å². The number of nitrogens with one attached hydrogen (secondary N) is 1. The molecule has 0 radical (unpaired) electrons. The van der Waals surface area contributed by atoms with Gasteiger partial charge in [-0.25, -0.2) is 0 Å². The molecule has 1 fully saturated rings. The van der Waals surface area contributed by atoms with Gasteiger partial charge in [-0.3, -0.25) is 9.69 Å². The number of hydrogen-bond donors (Lipinski definition) is 1. The Morgan fingerprint density at radius 3 is 2.14 bits per heavy atom. The largest absolute Gasteiger partial charge is 0.496 e. The van der Waals surface area contributed by atoms with Crippen molar-refractivity contribution in [3.8, 4) is 17.2 Å². The van der Waals surface area contributed by atoms with Crippen molar-refractivity contribution < 1.29 is 19.0 Å². The molecule has 116 valence electrons. The fourth-order valence-corrected chi connectivity index (χ4v) is 2.43. The molecule has 0 aromatic heterocycles. The second-order valence-electron chi connectivity index (χ2n) is 4.86. The number of methoxy groups -OCH3 is 3. The van der Waals surface area contributed by atoms with Crippen molar-refractivity contribution in [1.82, 2.24) is 10.2 Å². The SMILES string of the molecule is COc1cc(OC)c(C(=O)CN2CCNCC2)c(OC)c1. The molecule has 0 unspecified atom stereocenters. The predicted molar refractivity (Wildman–Crippen MR) is 79.7 cm³/mol. The van der Waals surface area contributed by atoms with Gasteiger partial charge in [0, 0.05) is 38.3 Å². The van der Waals surface area contributed by atoms with Crippen LogP contribution in [0, 0.1) is 0 Å². The Labute approximate surface area is 125 Å². The summed E-state index contributed by atoms with van der Waals surface area (Å²) in [6.45, 7) is 3.91. The van der Waals surface area contributed by atoms with Gasteiger partial charge in [0.25, 0.3) is 0 Å². The number of nitrogens with zero attached hydrogens (tertiary/aromatic N) is 1. The zero-order chi connectivity index (χ0) is 15.2. The number of benzene rings is 1. The van der Waals surface area contributed by atoms with Crippen molar-refractivity contribution in [3.63, 3.8) is 0 Å². The van der Waals surface area contributed by atoms with Crippen molar-refractivity contribution in [2.24, 2.45) is 0 Å². The van der Waals surface area contributed by atoms with Crippen LogP contribution in [0.15, 0.2) is 12.1 Å². The first kappa shape index (κ1) is 15.6. The average Bonchev–Trinajstić information content (AvgIpc) is 2.54. The lowest BCUT2D eigenvalue weighted by Gasteiger charge is -2.26. The minimum absolute atomic E-state index is 0.00625. The summed E-state index contributed by atoms with van der Waals surface area (Å²) in [7, 11) is 4.64. The van der Waals surface area contributed by atoms with Crippen LogP contribution < -0.4 is 19.5 Å². The lowest BCUT2D eigenvalue weighted by atomic mass is 10.1. The van der Waals surface area contributed by atoms with Crippen molar-refractivity contribution >= 4 is 5.78 Å². The molecule has 6 nitrogen and oxygen atoms in total. The van der Waals surface area contributed by atoms with Gasteiger partial charge in [-0.05, 0) is 0 Å². The van der Waals surface area contributed by atoms with Crippen molar-refractivity contribution in [2.75, 3.05) is 54.1 Å². The van der Waals surface area contributed by atoms with Crippen molar-refractivity contribution in [2.45, 2.75) is 0 Å². The summed E-state index contributed by atoms with van der Waals surface area (Å²) in [4.78, 5) is 14.7. The molecule has 1 aliphatic rings. The molecule has 21 heavy (non-hydrogen) atoms. The third-order valence-corrected chi connectivity index (χ3v) is 3.57. The van der Waals surface area contributed by atoms with E-state index in [-0.39, 0.29) is 5.78 Å². The molecule has 1 aliphatic heterocycles. The number of carbonyl (C=O) groups excluding carboxylic acids is 1. The van der Waals surface area contributed by atoms with Gasteiger partial charge in [0.05, 0.1) is 27.9 Å². The summed E-state index contributed by atoms with van der Waals surface area (Å²) in [5.74, 6) is 1.55. The number of carbonyl (C=O) groups is 1. The maximum absolute atomic E-state index is 12.6. The van der Waals surface area contributed by atoms with E-state index in [0.717, 1.165) is 26.2 Å². The molecule has 1 heterocycles. The van der Waals surface area contributed by atoms with Gasteiger partial charge in [0.15, 0.2) is 5.78 Å². The Morgan fingerprint density at radius 1 is 1.10 bits per heavy atom. The van der Waals surface area contributed by atoms with E-state index >= 15 is 0 Å². The Morgan fingerprint density at radius 2 is 1.67 bits per heavy atom. The van der Waals surface area contributed by atoms with E-state index in [4.69, 9.17) is 14.2 Å². The first-order valence-electron chi connectivity index (χ1n) is 6.96. The first-order valence-corrected chi connectivity index (χ1v) is 6.96. The van der Waals surface area contributed by atoms with E-state index in [2.05, 4.69) is 10.2 Å². The minimum Gasteiger partial charge on any atom is -0.496 e. The molecule has 6 heteroatoms. The van der Waals surface area contributed by atoms with E-state index in [9.17, 15) is 4.79 Å². The lowest BCUT2D eigenvalue weighted by Crippen LogP contribution is -2.45. The molecule has 1 saturated heterocycles. The van der Waals surface area contributed by atoms with Gasteiger partial charge in [0.2, 0.25) is 0 Å². The molecule has 0 atom stereocenters. The summed E-state index contributed by atoms with van der Waals surface area (Å²) in [6.07, 6.45) is 0. The molecule has 1 N–H and O–H groups in total. The monoisotopic (exact) mass is 294 g/mol. The first-order chi connectivity index (χ1) is 10.2. The number of ether oxygens (including phenoxy) is 3. The summed E-state index contributed by atoms with van der Waals surface area (Å²) < 4.78 is 15.9. The van der Waals surface area contributed by atoms with E-state index in [1.807, 2.05) is 0 Å². The molecular weight excluding hydrogens is 272 g/mol. The van der Waals surface area contributed by atoms with Crippen LogP contribution in [0.25, 0.3) is 0 Å². The van der Waals surface area contributed by atoms with Crippen LogP contribution in [0.3, 0.4) is 0 Å². The molecular formula is C15H22N2O4. The third kappa shape index (κ3) is 3.65. The zero-order valence-electron chi connectivity index (χ0n) is 12.8. The number of Topliss-reactive ketones (excluding diaryl/α,β-unsaturated/α-hetero) is 1. The molecule has 0 amide bonds. The van der Waals surface area contributed by atoms with Gasteiger partial charge >= 0.3 is 0 Å². The number of ketones is 1. The molecule has 1 aromatic rings. The molecule has 0 saturated carbocycles. The Hall–Kier alpha value is -1.79. The number of piperazine rings is 1. The standard InChI is InChI=1S/C15H22N2O4/c1-19-11-8-13(20-2)15(14(9-11)21-3)12(18)10-17-6-4-16-5-7-17/h8-9,16H,4-7,10H2,1-3H3. The lowest BCUT2D eigenvalue weighted by molar-refractivity contribution is 0.0915. The van der Waals surface area contributed by atoms with Gasteiger partial charge in [0.1, 0.15) is 22.8 Å². The van der Waals surface area contributed by atoms with Gasteiger partial charge < -0.3 is 19.5 Å². The Balaban J connectivity index is 2.25. The van der Waals surface area contributed by atoms with E-state index in [1.165, 1.54) is 14.2 Å². The summed E-state index contributed by atoms with van der Waals surface area (Å²) >= 11 is 0. The highest BCUT2D eigenvalue weighted by molar-refractivity contribution is 6.03. The number of hydrogen-bond acceptors (Lipinski definition) is 6.